The van der Waals surface area contributed by atoms with Crippen molar-refractivity contribution in [3.8, 4) is 0 Å². The van der Waals surface area contributed by atoms with Gasteiger partial charge in [0.2, 0.25) is 0 Å². The van der Waals surface area contributed by atoms with Gasteiger partial charge >= 0.3 is 5.97 Å². The van der Waals surface area contributed by atoms with Crippen LogP contribution in [0.2, 0.25) is 0 Å². The molecule has 0 amide bonds. The zero-order chi connectivity index (χ0) is 13.3. The van der Waals surface area contributed by atoms with Crippen LogP contribution < -0.4 is 0 Å². The minimum Gasteiger partial charge on any atom is -0.478 e. The number of aromatic nitrogens is 1. The fourth-order valence-corrected chi connectivity index (χ4v) is 2.68. The highest BCUT2D eigenvalue weighted by atomic mass is 16.4. The van der Waals surface area contributed by atoms with E-state index in [9.17, 15) is 9.90 Å². The summed E-state index contributed by atoms with van der Waals surface area (Å²) in [5.74, 6) is -0.850. The van der Waals surface area contributed by atoms with E-state index in [1.807, 2.05) is 6.07 Å². The Morgan fingerprint density at radius 1 is 1.50 bits per heavy atom. The van der Waals surface area contributed by atoms with Crippen molar-refractivity contribution in [2.75, 3.05) is 0 Å². The van der Waals surface area contributed by atoms with Gasteiger partial charge in [-0.2, -0.15) is 0 Å². The number of pyridine rings is 1. The number of hydrogen-bond donors (Lipinski definition) is 1. The van der Waals surface area contributed by atoms with Gasteiger partial charge in [0.05, 0.1) is 11.3 Å². The van der Waals surface area contributed by atoms with Gasteiger partial charge in [0, 0.05) is 5.69 Å². The molecule has 18 heavy (non-hydrogen) atoms. The minimum atomic E-state index is -0.850. The fourth-order valence-electron chi connectivity index (χ4n) is 2.68. The molecule has 1 aliphatic rings. The molecule has 1 aromatic heterocycles. The summed E-state index contributed by atoms with van der Waals surface area (Å²) in [6.45, 7) is 6.52. The van der Waals surface area contributed by atoms with Gasteiger partial charge in [-0.1, -0.05) is 27.2 Å². The highest BCUT2D eigenvalue weighted by Gasteiger charge is 2.27. The van der Waals surface area contributed by atoms with Crippen LogP contribution in [0.3, 0.4) is 0 Å². The van der Waals surface area contributed by atoms with E-state index in [-0.39, 0.29) is 5.41 Å². The first-order chi connectivity index (χ1) is 8.43. The molecule has 0 atom stereocenters. The Morgan fingerprint density at radius 3 is 2.83 bits per heavy atom. The van der Waals surface area contributed by atoms with E-state index in [1.165, 1.54) is 0 Å². The van der Waals surface area contributed by atoms with E-state index in [1.54, 1.807) is 0 Å². The predicted molar refractivity (Wildman–Crippen MR) is 71.0 cm³/mol. The van der Waals surface area contributed by atoms with Gasteiger partial charge in [0.1, 0.15) is 0 Å². The molecular formula is C15H21NO2. The second kappa shape index (κ2) is 4.71. The van der Waals surface area contributed by atoms with E-state index in [4.69, 9.17) is 0 Å². The van der Waals surface area contributed by atoms with Gasteiger partial charge < -0.3 is 5.11 Å². The summed E-state index contributed by atoms with van der Waals surface area (Å²) in [4.78, 5) is 15.9. The largest absolute Gasteiger partial charge is 0.478 e. The van der Waals surface area contributed by atoms with Gasteiger partial charge in [-0.15, -0.1) is 0 Å². The third-order valence-corrected chi connectivity index (χ3v) is 3.69. The normalized spacial score (nSPS) is 17.3. The molecule has 1 N–H and O–H groups in total. The first kappa shape index (κ1) is 13.1. The first-order valence-corrected chi connectivity index (χ1v) is 6.68. The van der Waals surface area contributed by atoms with E-state index >= 15 is 0 Å². The van der Waals surface area contributed by atoms with Crippen LogP contribution in [0.15, 0.2) is 6.07 Å². The molecule has 1 aromatic rings. The maximum absolute atomic E-state index is 11.3. The number of rotatable bonds is 3. The molecule has 0 aliphatic heterocycles. The van der Waals surface area contributed by atoms with Gasteiger partial charge in [-0.25, -0.2) is 4.79 Å². The van der Waals surface area contributed by atoms with Crippen molar-refractivity contribution >= 4 is 5.97 Å². The average Bonchev–Trinajstić information content (AvgIpc) is 2.28. The second-order valence-electron chi connectivity index (χ2n) is 5.98. The molecule has 0 fully saturated rings. The predicted octanol–water partition coefficient (Wildman–Crippen LogP) is 3.25. The molecule has 3 nitrogen and oxygen atoms in total. The Balaban J connectivity index is 2.45. The fraction of sp³-hybridized carbons (Fsp3) is 0.600. The molecule has 0 radical (unpaired) electrons. The highest BCUT2D eigenvalue weighted by molar-refractivity contribution is 5.89. The van der Waals surface area contributed by atoms with Crippen molar-refractivity contribution in [3.63, 3.8) is 0 Å². The molecule has 0 saturated carbocycles. The SMILES string of the molecule is CCCc1nc2c(cc1C(=O)O)CC(C)(C)CC2. The summed E-state index contributed by atoms with van der Waals surface area (Å²) in [6.07, 6.45) is 4.71. The van der Waals surface area contributed by atoms with Crippen molar-refractivity contribution in [3.05, 3.63) is 28.6 Å². The number of aromatic carboxylic acids is 1. The van der Waals surface area contributed by atoms with Gasteiger partial charge in [0.25, 0.3) is 0 Å². The molecule has 0 aromatic carbocycles. The molecule has 2 rings (SSSR count). The molecule has 0 saturated heterocycles. The van der Waals surface area contributed by atoms with E-state index in [0.717, 1.165) is 49.1 Å². The molecule has 0 bridgehead atoms. The summed E-state index contributed by atoms with van der Waals surface area (Å²) >= 11 is 0. The lowest BCUT2D eigenvalue weighted by Gasteiger charge is -2.31. The number of hydrogen-bond acceptors (Lipinski definition) is 2. The van der Waals surface area contributed by atoms with Crippen molar-refractivity contribution < 1.29 is 9.90 Å². The third-order valence-electron chi connectivity index (χ3n) is 3.69. The van der Waals surface area contributed by atoms with Crippen molar-refractivity contribution in [2.24, 2.45) is 5.41 Å². The standard InChI is InChI=1S/C15H21NO2/c1-4-5-13-11(14(17)18)8-10-9-15(2,3)7-6-12(10)16-13/h8H,4-7,9H2,1-3H3,(H,17,18). The van der Waals surface area contributed by atoms with Crippen molar-refractivity contribution in [2.45, 2.75) is 52.9 Å². The van der Waals surface area contributed by atoms with Gasteiger partial charge in [0.15, 0.2) is 0 Å². The lowest BCUT2D eigenvalue weighted by molar-refractivity contribution is 0.0694. The van der Waals surface area contributed by atoms with Crippen molar-refractivity contribution in [1.82, 2.24) is 4.98 Å². The summed E-state index contributed by atoms with van der Waals surface area (Å²) in [7, 11) is 0. The zero-order valence-corrected chi connectivity index (χ0v) is 11.4. The zero-order valence-electron chi connectivity index (χ0n) is 11.4. The van der Waals surface area contributed by atoms with Crippen LogP contribution in [-0.4, -0.2) is 16.1 Å². The summed E-state index contributed by atoms with van der Waals surface area (Å²) < 4.78 is 0. The van der Waals surface area contributed by atoms with Crippen LogP contribution in [-0.2, 0) is 19.3 Å². The molecule has 0 unspecified atom stereocenters. The van der Waals surface area contributed by atoms with E-state index < -0.39 is 5.97 Å². The molecule has 3 heteroatoms. The number of carboxylic acids is 1. The lowest BCUT2D eigenvalue weighted by atomic mass is 9.75. The number of nitrogens with zero attached hydrogens (tertiary/aromatic N) is 1. The Bertz CT molecular complexity index is 478. The molecular weight excluding hydrogens is 226 g/mol. The minimum absolute atomic E-state index is 0.261. The monoisotopic (exact) mass is 247 g/mol. The van der Waals surface area contributed by atoms with Crippen LogP contribution in [0.4, 0.5) is 0 Å². The molecule has 1 aliphatic carbocycles. The van der Waals surface area contributed by atoms with Gasteiger partial charge in [-0.3, -0.25) is 4.98 Å². The average molecular weight is 247 g/mol. The Morgan fingerprint density at radius 2 is 2.22 bits per heavy atom. The second-order valence-corrected chi connectivity index (χ2v) is 5.98. The third kappa shape index (κ3) is 2.55. The number of aryl methyl sites for hydroxylation is 2. The maximum Gasteiger partial charge on any atom is 0.337 e. The van der Waals surface area contributed by atoms with Crippen LogP contribution in [0.25, 0.3) is 0 Å². The van der Waals surface area contributed by atoms with Crippen LogP contribution in [0.1, 0.15) is 60.9 Å². The van der Waals surface area contributed by atoms with Crippen LogP contribution in [0, 0.1) is 5.41 Å². The smallest absolute Gasteiger partial charge is 0.337 e. The van der Waals surface area contributed by atoms with E-state index in [0.29, 0.717) is 5.56 Å². The summed E-state index contributed by atoms with van der Waals surface area (Å²) in [5.41, 5.74) is 3.65. The Hall–Kier alpha value is -1.38. The topological polar surface area (TPSA) is 50.2 Å². The van der Waals surface area contributed by atoms with Gasteiger partial charge in [-0.05, 0) is 42.7 Å². The molecule has 1 heterocycles. The lowest BCUT2D eigenvalue weighted by Crippen LogP contribution is -2.24. The summed E-state index contributed by atoms with van der Waals surface area (Å²) in [5, 5.41) is 9.28. The van der Waals surface area contributed by atoms with Crippen molar-refractivity contribution in [1.29, 1.82) is 0 Å². The number of carbonyl (C=O) groups is 1. The quantitative estimate of drug-likeness (QED) is 0.892. The summed E-state index contributed by atoms with van der Waals surface area (Å²) in [6, 6.07) is 1.86. The Kier molecular flexibility index (Phi) is 3.42. The molecule has 0 spiro atoms. The van der Waals surface area contributed by atoms with Crippen LogP contribution in [0.5, 0.6) is 0 Å². The maximum atomic E-state index is 11.3. The number of fused-ring (bicyclic) bond motifs is 1. The Labute approximate surface area is 108 Å². The first-order valence-electron chi connectivity index (χ1n) is 6.68. The number of carboxylic acid groups (broad SMARTS) is 1. The van der Waals surface area contributed by atoms with E-state index in [2.05, 4.69) is 25.8 Å². The molecule has 98 valence electrons. The van der Waals surface area contributed by atoms with Crippen LogP contribution >= 0.6 is 0 Å². The highest BCUT2D eigenvalue weighted by Crippen LogP contribution is 2.34.